The minimum Gasteiger partial charge on any atom is -0.375 e. The molecule has 0 aliphatic rings. The summed E-state index contributed by atoms with van der Waals surface area (Å²) in [6.45, 7) is 3.71. The van der Waals surface area contributed by atoms with Crippen molar-refractivity contribution < 1.29 is 13.9 Å². The van der Waals surface area contributed by atoms with Crippen molar-refractivity contribution in [1.29, 1.82) is 0 Å². The van der Waals surface area contributed by atoms with E-state index in [9.17, 15) is 9.18 Å². The van der Waals surface area contributed by atoms with E-state index in [-0.39, 0.29) is 24.1 Å². The quantitative estimate of drug-likeness (QED) is 0.906. The number of methoxy groups -OCH3 is 1. The van der Waals surface area contributed by atoms with E-state index in [1.54, 1.807) is 6.07 Å². The van der Waals surface area contributed by atoms with Crippen LogP contribution in [0.2, 0.25) is 0 Å². The molecule has 112 valence electrons. The molecule has 2 rings (SSSR count). The van der Waals surface area contributed by atoms with Crippen LogP contribution in [0.4, 0.5) is 10.1 Å². The molecule has 0 aliphatic carbocycles. The molecule has 1 N–H and O–H groups in total. The van der Waals surface area contributed by atoms with Crippen molar-refractivity contribution >= 4 is 11.6 Å². The Kier molecular flexibility index (Phi) is 4.59. The molecule has 0 fully saturated rings. The van der Waals surface area contributed by atoms with Gasteiger partial charge in [0.05, 0.1) is 11.6 Å². The summed E-state index contributed by atoms with van der Waals surface area (Å²) in [5.74, 6) is -0.518. The number of benzene rings is 1. The van der Waals surface area contributed by atoms with Gasteiger partial charge in [0.1, 0.15) is 12.4 Å². The second-order valence-corrected chi connectivity index (χ2v) is 4.72. The number of tetrazole rings is 1. The minimum atomic E-state index is -0.512. The second kappa shape index (κ2) is 6.40. The molecule has 21 heavy (non-hydrogen) atoms. The molecular weight excluding hydrogens is 277 g/mol. The Bertz CT molecular complexity index is 641. The van der Waals surface area contributed by atoms with Crippen LogP contribution in [-0.4, -0.2) is 39.8 Å². The number of ether oxygens (including phenoxy) is 1. The normalized spacial score (nSPS) is 10.9. The van der Waals surface area contributed by atoms with E-state index < -0.39 is 5.82 Å². The lowest BCUT2D eigenvalue weighted by molar-refractivity contribution is -0.119. The fraction of sp³-hybridized carbons (Fsp3) is 0.385. The van der Waals surface area contributed by atoms with Crippen molar-refractivity contribution in [2.45, 2.75) is 19.9 Å². The first kappa shape index (κ1) is 15.0. The lowest BCUT2D eigenvalue weighted by Gasteiger charge is -2.10. The van der Waals surface area contributed by atoms with E-state index in [2.05, 4.69) is 20.8 Å². The Morgan fingerprint density at radius 2 is 2.24 bits per heavy atom. The molecule has 0 saturated heterocycles. The first-order chi connectivity index (χ1) is 10.0. The van der Waals surface area contributed by atoms with E-state index in [4.69, 9.17) is 4.74 Å². The number of rotatable bonds is 5. The molecule has 0 atom stereocenters. The maximum absolute atomic E-state index is 14.2. The number of halogens is 1. The molecule has 0 radical (unpaired) electrons. The van der Waals surface area contributed by atoms with Gasteiger partial charge in [-0.05, 0) is 42.5 Å². The third-order valence-electron chi connectivity index (χ3n) is 2.75. The summed E-state index contributed by atoms with van der Waals surface area (Å²) in [5.41, 5.74) is 0.625. The predicted molar refractivity (Wildman–Crippen MR) is 74.1 cm³/mol. The molecule has 0 spiro atoms. The van der Waals surface area contributed by atoms with Gasteiger partial charge in [0, 0.05) is 12.8 Å². The smallest absolute Gasteiger partial charge is 0.250 e. The summed E-state index contributed by atoms with van der Waals surface area (Å²) in [5, 5.41) is 13.8. The number of nitrogens with zero attached hydrogens (tertiary/aromatic N) is 4. The third-order valence-corrected chi connectivity index (χ3v) is 2.75. The van der Waals surface area contributed by atoms with Crippen LogP contribution in [0.1, 0.15) is 19.9 Å². The molecule has 1 heterocycles. The number of carbonyl (C=O) groups is 1. The maximum Gasteiger partial charge on any atom is 0.250 e. The van der Waals surface area contributed by atoms with E-state index >= 15 is 0 Å². The highest BCUT2D eigenvalue weighted by Crippen LogP contribution is 2.24. The van der Waals surface area contributed by atoms with Gasteiger partial charge in [-0.25, -0.2) is 9.07 Å². The van der Waals surface area contributed by atoms with Gasteiger partial charge in [-0.1, -0.05) is 0 Å². The lowest BCUT2D eigenvalue weighted by Crippen LogP contribution is -2.17. The van der Waals surface area contributed by atoms with E-state index in [1.807, 2.05) is 13.8 Å². The van der Waals surface area contributed by atoms with Gasteiger partial charge < -0.3 is 10.1 Å². The Labute approximate surface area is 121 Å². The van der Waals surface area contributed by atoms with E-state index in [0.717, 1.165) is 0 Å². The number of hydrogen-bond donors (Lipinski definition) is 1. The molecule has 2 aromatic rings. The van der Waals surface area contributed by atoms with Crippen molar-refractivity contribution in [1.82, 2.24) is 20.2 Å². The monoisotopic (exact) mass is 293 g/mol. The summed E-state index contributed by atoms with van der Waals surface area (Å²) in [6.07, 6.45) is 0. The average Bonchev–Trinajstić information content (AvgIpc) is 2.88. The molecular formula is C13H16FN5O2. The molecule has 0 unspecified atom stereocenters. The highest BCUT2D eigenvalue weighted by molar-refractivity contribution is 5.91. The molecule has 1 amide bonds. The van der Waals surface area contributed by atoms with Crippen molar-refractivity contribution in [3.63, 3.8) is 0 Å². The molecule has 1 aromatic heterocycles. The largest absolute Gasteiger partial charge is 0.375 e. The summed E-state index contributed by atoms with van der Waals surface area (Å²) < 4.78 is 20.4. The Hall–Kier alpha value is -2.35. The zero-order chi connectivity index (χ0) is 15.4. The van der Waals surface area contributed by atoms with Gasteiger partial charge in [-0.3, -0.25) is 4.79 Å². The van der Waals surface area contributed by atoms with Gasteiger partial charge in [0.25, 0.3) is 0 Å². The summed E-state index contributed by atoms with van der Waals surface area (Å²) in [7, 11) is 1.41. The fourth-order valence-corrected chi connectivity index (χ4v) is 1.82. The lowest BCUT2D eigenvalue weighted by atomic mass is 10.1. The summed E-state index contributed by atoms with van der Waals surface area (Å²) >= 11 is 0. The number of aromatic nitrogens is 4. The van der Waals surface area contributed by atoms with Crippen LogP contribution >= 0.6 is 0 Å². The molecule has 7 nitrogen and oxygen atoms in total. The van der Waals surface area contributed by atoms with Crippen molar-refractivity contribution in [3.8, 4) is 11.4 Å². The Balaban J connectivity index is 2.27. The number of hydrogen-bond acceptors (Lipinski definition) is 5. The zero-order valence-corrected chi connectivity index (χ0v) is 12.0. The SMILES string of the molecule is COCC(=O)Nc1ccc(-c2nnnn2C(C)C)c(F)c1. The van der Waals surface area contributed by atoms with Crippen LogP contribution < -0.4 is 5.32 Å². The molecule has 0 aliphatic heterocycles. The maximum atomic E-state index is 14.2. The summed E-state index contributed by atoms with van der Waals surface area (Å²) in [4.78, 5) is 11.4. The van der Waals surface area contributed by atoms with Crippen LogP contribution in [0.15, 0.2) is 18.2 Å². The summed E-state index contributed by atoms with van der Waals surface area (Å²) in [6, 6.07) is 4.35. The van der Waals surface area contributed by atoms with Crippen LogP contribution in [0.3, 0.4) is 0 Å². The van der Waals surface area contributed by atoms with Gasteiger partial charge in [-0.15, -0.1) is 5.10 Å². The molecule has 8 heteroatoms. The van der Waals surface area contributed by atoms with Crippen LogP contribution in [0.5, 0.6) is 0 Å². The number of nitrogens with one attached hydrogen (secondary N) is 1. The zero-order valence-electron chi connectivity index (χ0n) is 12.0. The van der Waals surface area contributed by atoms with Crippen molar-refractivity contribution in [2.24, 2.45) is 0 Å². The average molecular weight is 293 g/mol. The number of amides is 1. The van der Waals surface area contributed by atoms with Crippen LogP contribution in [-0.2, 0) is 9.53 Å². The Morgan fingerprint density at radius 1 is 1.48 bits per heavy atom. The first-order valence-electron chi connectivity index (χ1n) is 6.39. The van der Waals surface area contributed by atoms with Gasteiger partial charge in [-0.2, -0.15) is 0 Å². The number of anilines is 1. The predicted octanol–water partition coefficient (Wildman–Crippen LogP) is 1.65. The van der Waals surface area contributed by atoms with Crippen LogP contribution in [0.25, 0.3) is 11.4 Å². The second-order valence-electron chi connectivity index (χ2n) is 4.72. The van der Waals surface area contributed by atoms with Crippen molar-refractivity contribution in [2.75, 3.05) is 19.0 Å². The molecule has 1 aromatic carbocycles. The topological polar surface area (TPSA) is 81.9 Å². The van der Waals surface area contributed by atoms with Gasteiger partial charge >= 0.3 is 0 Å². The van der Waals surface area contributed by atoms with Gasteiger partial charge in [0.15, 0.2) is 5.82 Å². The third kappa shape index (κ3) is 3.40. The fourth-order valence-electron chi connectivity index (χ4n) is 1.82. The first-order valence-corrected chi connectivity index (χ1v) is 6.39. The molecule has 0 bridgehead atoms. The highest BCUT2D eigenvalue weighted by Gasteiger charge is 2.16. The highest BCUT2D eigenvalue weighted by atomic mass is 19.1. The van der Waals surface area contributed by atoms with Crippen molar-refractivity contribution in [3.05, 3.63) is 24.0 Å². The van der Waals surface area contributed by atoms with Gasteiger partial charge in [0.2, 0.25) is 5.91 Å². The van der Waals surface area contributed by atoms with E-state index in [0.29, 0.717) is 11.5 Å². The minimum absolute atomic E-state index is 0.00971. The van der Waals surface area contributed by atoms with Crippen LogP contribution in [0, 0.1) is 5.82 Å². The standard InChI is InChI=1S/C13H16FN5O2/c1-8(2)19-13(16-17-18-19)10-5-4-9(6-11(10)14)15-12(20)7-21-3/h4-6,8H,7H2,1-3H3,(H,15,20). The Morgan fingerprint density at radius 3 is 2.86 bits per heavy atom. The van der Waals surface area contributed by atoms with E-state index in [1.165, 1.54) is 23.9 Å². The number of carbonyl (C=O) groups excluding carboxylic acids is 1. The molecule has 0 saturated carbocycles.